The third kappa shape index (κ3) is 3.96. The molecule has 0 aliphatic heterocycles. The van der Waals surface area contributed by atoms with Gasteiger partial charge in [0.15, 0.2) is 0 Å². The molecule has 2 nitrogen and oxygen atoms in total. The largest absolute Gasteiger partial charge is 0.313 e. The lowest BCUT2D eigenvalue weighted by molar-refractivity contribution is 0.179. The first-order chi connectivity index (χ1) is 8.18. The van der Waals surface area contributed by atoms with Crippen LogP contribution < -0.4 is 11.5 Å². The molecule has 2 rings (SSSR count). The summed E-state index contributed by atoms with van der Waals surface area (Å²) in [5.41, 5.74) is 12.4. The number of hydrogen-bond donors (Lipinski definition) is 2. The Bertz CT molecular complexity index is 213. The maximum absolute atomic E-state index is 6.39. The molecule has 0 spiro atoms. The van der Waals surface area contributed by atoms with Gasteiger partial charge in [-0.05, 0) is 37.5 Å². The van der Waals surface area contributed by atoms with Crippen molar-refractivity contribution in [1.82, 2.24) is 0 Å². The standard InChI is InChI=1S/C15H30N2/c16-15(17,14-9-5-2-6-10-14)12-11-13-7-3-1-4-8-13/h13-14H,1-12,16-17H2. The molecule has 2 heteroatoms. The maximum Gasteiger partial charge on any atom is 0.0665 e. The topological polar surface area (TPSA) is 52.0 Å². The zero-order valence-electron chi connectivity index (χ0n) is 11.3. The van der Waals surface area contributed by atoms with Crippen LogP contribution >= 0.6 is 0 Å². The fourth-order valence-corrected chi connectivity index (χ4v) is 3.77. The van der Waals surface area contributed by atoms with Crippen LogP contribution in [0.5, 0.6) is 0 Å². The molecule has 2 saturated carbocycles. The molecule has 100 valence electrons. The van der Waals surface area contributed by atoms with Crippen molar-refractivity contribution in [2.75, 3.05) is 0 Å². The molecule has 0 aromatic rings. The quantitative estimate of drug-likeness (QED) is 0.736. The van der Waals surface area contributed by atoms with Crippen LogP contribution in [0.3, 0.4) is 0 Å². The zero-order chi connectivity index (χ0) is 12.1. The van der Waals surface area contributed by atoms with E-state index in [0.29, 0.717) is 5.92 Å². The van der Waals surface area contributed by atoms with Gasteiger partial charge in [0.2, 0.25) is 0 Å². The molecule has 0 aromatic carbocycles. The maximum atomic E-state index is 6.39. The predicted octanol–water partition coefficient (Wildman–Crippen LogP) is 3.54. The summed E-state index contributed by atoms with van der Waals surface area (Å²) in [5, 5.41) is 0. The van der Waals surface area contributed by atoms with Crippen LogP contribution in [-0.2, 0) is 0 Å². The summed E-state index contributed by atoms with van der Waals surface area (Å²) in [4.78, 5) is 0. The lowest BCUT2D eigenvalue weighted by Gasteiger charge is -2.37. The summed E-state index contributed by atoms with van der Waals surface area (Å²) < 4.78 is 0. The van der Waals surface area contributed by atoms with Gasteiger partial charge in [-0.2, -0.15) is 0 Å². The molecule has 2 aliphatic carbocycles. The molecule has 4 N–H and O–H groups in total. The molecule has 0 aromatic heterocycles. The van der Waals surface area contributed by atoms with Gasteiger partial charge in [0.1, 0.15) is 0 Å². The minimum absolute atomic E-state index is 0.377. The molecule has 17 heavy (non-hydrogen) atoms. The first-order valence-corrected chi connectivity index (χ1v) is 7.76. The summed E-state index contributed by atoms with van der Waals surface area (Å²) >= 11 is 0. The Labute approximate surface area is 107 Å². The molecule has 0 saturated heterocycles. The fraction of sp³-hybridized carbons (Fsp3) is 1.00. The van der Waals surface area contributed by atoms with Crippen LogP contribution in [0.4, 0.5) is 0 Å². The van der Waals surface area contributed by atoms with Gasteiger partial charge < -0.3 is 11.5 Å². The van der Waals surface area contributed by atoms with Crippen molar-refractivity contribution in [3.63, 3.8) is 0 Å². The number of nitrogens with two attached hydrogens (primary N) is 2. The Balaban J connectivity index is 1.75. The van der Waals surface area contributed by atoms with Crippen LogP contribution in [0.25, 0.3) is 0 Å². The van der Waals surface area contributed by atoms with Crippen LogP contribution in [0.2, 0.25) is 0 Å². The normalized spacial score (nSPS) is 25.1. The van der Waals surface area contributed by atoms with Crippen LogP contribution in [0.15, 0.2) is 0 Å². The fourth-order valence-electron chi connectivity index (χ4n) is 3.77. The minimum Gasteiger partial charge on any atom is -0.313 e. The third-order valence-electron chi connectivity index (χ3n) is 5.08. The average Bonchev–Trinajstić information content (AvgIpc) is 2.39. The first kappa shape index (κ1) is 13.4. The van der Waals surface area contributed by atoms with E-state index in [-0.39, 0.29) is 5.66 Å². The zero-order valence-corrected chi connectivity index (χ0v) is 11.3. The SMILES string of the molecule is NC(N)(CCC1CCCCC1)C1CCCCC1. The van der Waals surface area contributed by atoms with Gasteiger partial charge in [0, 0.05) is 0 Å². The Morgan fingerprint density at radius 3 is 1.88 bits per heavy atom. The highest BCUT2D eigenvalue weighted by Crippen LogP contribution is 2.34. The number of rotatable bonds is 4. The van der Waals surface area contributed by atoms with E-state index in [9.17, 15) is 0 Å². The molecular formula is C15H30N2. The molecule has 0 radical (unpaired) electrons. The highest BCUT2D eigenvalue weighted by molar-refractivity contribution is 4.88. The van der Waals surface area contributed by atoms with Crippen LogP contribution in [0, 0.1) is 11.8 Å². The smallest absolute Gasteiger partial charge is 0.0665 e. The van der Waals surface area contributed by atoms with Crippen LogP contribution in [0.1, 0.15) is 77.0 Å². The second-order valence-corrected chi connectivity index (χ2v) is 6.49. The third-order valence-corrected chi connectivity index (χ3v) is 5.08. The van der Waals surface area contributed by atoms with E-state index < -0.39 is 0 Å². The Kier molecular flexibility index (Phi) is 4.87. The van der Waals surface area contributed by atoms with Gasteiger partial charge >= 0.3 is 0 Å². The summed E-state index contributed by atoms with van der Waals surface area (Å²) in [6.07, 6.45) is 16.0. The van der Waals surface area contributed by atoms with Gasteiger partial charge in [-0.3, -0.25) is 0 Å². The van der Waals surface area contributed by atoms with Crippen LogP contribution in [-0.4, -0.2) is 5.66 Å². The average molecular weight is 238 g/mol. The van der Waals surface area contributed by atoms with E-state index in [1.54, 1.807) is 0 Å². The van der Waals surface area contributed by atoms with Crippen molar-refractivity contribution < 1.29 is 0 Å². The Morgan fingerprint density at radius 1 is 0.765 bits per heavy atom. The molecule has 2 fully saturated rings. The summed E-state index contributed by atoms with van der Waals surface area (Å²) in [6, 6.07) is 0. The van der Waals surface area contributed by atoms with Gasteiger partial charge in [-0.25, -0.2) is 0 Å². The minimum atomic E-state index is -0.377. The van der Waals surface area contributed by atoms with E-state index in [1.807, 2.05) is 0 Å². The summed E-state index contributed by atoms with van der Waals surface area (Å²) in [7, 11) is 0. The van der Waals surface area contributed by atoms with E-state index >= 15 is 0 Å². The predicted molar refractivity (Wildman–Crippen MR) is 73.5 cm³/mol. The molecule has 0 heterocycles. The van der Waals surface area contributed by atoms with Gasteiger partial charge in [0.25, 0.3) is 0 Å². The van der Waals surface area contributed by atoms with Crippen molar-refractivity contribution in [1.29, 1.82) is 0 Å². The van der Waals surface area contributed by atoms with E-state index in [4.69, 9.17) is 11.5 Å². The number of hydrogen-bond acceptors (Lipinski definition) is 2. The van der Waals surface area contributed by atoms with E-state index in [1.165, 1.54) is 70.6 Å². The van der Waals surface area contributed by atoms with Crippen molar-refractivity contribution in [2.45, 2.75) is 82.7 Å². The lowest BCUT2D eigenvalue weighted by Crippen LogP contribution is -2.56. The monoisotopic (exact) mass is 238 g/mol. The first-order valence-electron chi connectivity index (χ1n) is 7.76. The van der Waals surface area contributed by atoms with Gasteiger partial charge in [-0.15, -0.1) is 0 Å². The molecule has 0 atom stereocenters. The van der Waals surface area contributed by atoms with E-state index in [0.717, 1.165) is 12.3 Å². The molecule has 2 aliphatic rings. The van der Waals surface area contributed by atoms with Gasteiger partial charge in [-0.1, -0.05) is 51.4 Å². The molecule has 0 amide bonds. The second kappa shape index (κ2) is 6.19. The summed E-state index contributed by atoms with van der Waals surface area (Å²) in [5.74, 6) is 1.50. The molecule has 0 bridgehead atoms. The lowest BCUT2D eigenvalue weighted by atomic mass is 9.76. The van der Waals surface area contributed by atoms with Crippen molar-refractivity contribution >= 4 is 0 Å². The van der Waals surface area contributed by atoms with E-state index in [2.05, 4.69) is 0 Å². The highest BCUT2D eigenvalue weighted by Gasteiger charge is 2.32. The Hall–Kier alpha value is -0.0800. The molecule has 0 unspecified atom stereocenters. The second-order valence-electron chi connectivity index (χ2n) is 6.49. The van der Waals surface area contributed by atoms with Crippen molar-refractivity contribution in [2.24, 2.45) is 23.3 Å². The summed E-state index contributed by atoms with van der Waals surface area (Å²) in [6.45, 7) is 0. The van der Waals surface area contributed by atoms with Crippen molar-refractivity contribution in [3.05, 3.63) is 0 Å². The highest BCUT2D eigenvalue weighted by atomic mass is 15.0. The van der Waals surface area contributed by atoms with Gasteiger partial charge in [0.05, 0.1) is 5.66 Å². The Morgan fingerprint density at radius 2 is 1.29 bits per heavy atom. The molecular weight excluding hydrogens is 208 g/mol. The van der Waals surface area contributed by atoms with Crippen molar-refractivity contribution in [3.8, 4) is 0 Å².